The van der Waals surface area contributed by atoms with Gasteiger partial charge in [-0.2, -0.15) is 0 Å². The molecule has 0 saturated carbocycles. The molecular formula is C10H15NO3. The number of hydrogen-bond acceptors (Lipinski definition) is 3. The van der Waals surface area contributed by atoms with E-state index in [1.165, 1.54) is 13.2 Å². The highest BCUT2D eigenvalue weighted by Crippen LogP contribution is 2.20. The van der Waals surface area contributed by atoms with Crippen molar-refractivity contribution in [1.29, 1.82) is 0 Å². The largest absolute Gasteiger partial charge is 0.469 e. The summed E-state index contributed by atoms with van der Waals surface area (Å²) in [4.78, 5) is 24.1. The number of carbonyl (C=O) groups excluding carboxylic acids is 2. The smallest absolute Gasteiger partial charge is 0.307 e. The predicted molar refractivity (Wildman–Crippen MR) is 51.6 cm³/mol. The van der Waals surface area contributed by atoms with Crippen LogP contribution in [0.25, 0.3) is 0 Å². The molecule has 1 aliphatic rings. The van der Waals surface area contributed by atoms with Gasteiger partial charge in [-0.1, -0.05) is 6.58 Å². The monoisotopic (exact) mass is 197 g/mol. The zero-order chi connectivity index (χ0) is 10.6. The standard InChI is InChI=1S/C10H15NO3/c1-3-9(12)11-6-4-5-8(11)7-10(13)14-2/h3,8H,1,4-7H2,2H3. The van der Waals surface area contributed by atoms with Crippen LogP contribution in [0.15, 0.2) is 12.7 Å². The van der Waals surface area contributed by atoms with Crippen molar-refractivity contribution in [3.63, 3.8) is 0 Å². The second-order valence-electron chi connectivity index (χ2n) is 3.31. The molecular weight excluding hydrogens is 182 g/mol. The first-order valence-corrected chi connectivity index (χ1v) is 4.69. The SMILES string of the molecule is C=CC(=O)N1CCCC1CC(=O)OC. The van der Waals surface area contributed by atoms with Crippen molar-refractivity contribution in [2.45, 2.75) is 25.3 Å². The van der Waals surface area contributed by atoms with E-state index in [1.54, 1.807) is 4.90 Å². The molecule has 0 spiro atoms. The van der Waals surface area contributed by atoms with Crippen molar-refractivity contribution >= 4 is 11.9 Å². The Kier molecular flexibility index (Phi) is 3.68. The zero-order valence-electron chi connectivity index (χ0n) is 8.36. The lowest BCUT2D eigenvalue weighted by molar-refractivity contribution is -0.142. The fourth-order valence-corrected chi connectivity index (χ4v) is 1.73. The van der Waals surface area contributed by atoms with Crippen molar-refractivity contribution in [3.8, 4) is 0 Å². The summed E-state index contributed by atoms with van der Waals surface area (Å²) in [7, 11) is 1.36. The van der Waals surface area contributed by atoms with E-state index in [0.717, 1.165) is 12.8 Å². The lowest BCUT2D eigenvalue weighted by atomic mass is 10.1. The van der Waals surface area contributed by atoms with Crippen LogP contribution in [0.1, 0.15) is 19.3 Å². The highest BCUT2D eigenvalue weighted by Gasteiger charge is 2.29. The van der Waals surface area contributed by atoms with E-state index in [9.17, 15) is 9.59 Å². The van der Waals surface area contributed by atoms with Crippen molar-refractivity contribution in [2.75, 3.05) is 13.7 Å². The number of carbonyl (C=O) groups is 2. The number of hydrogen-bond donors (Lipinski definition) is 0. The van der Waals surface area contributed by atoms with E-state index in [2.05, 4.69) is 11.3 Å². The number of nitrogens with zero attached hydrogens (tertiary/aromatic N) is 1. The number of ether oxygens (including phenoxy) is 1. The van der Waals surface area contributed by atoms with E-state index >= 15 is 0 Å². The molecule has 14 heavy (non-hydrogen) atoms. The third-order valence-electron chi connectivity index (χ3n) is 2.46. The summed E-state index contributed by atoms with van der Waals surface area (Å²) >= 11 is 0. The molecule has 0 N–H and O–H groups in total. The molecule has 1 rings (SSSR count). The molecule has 1 aliphatic heterocycles. The molecule has 1 saturated heterocycles. The van der Waals surface area contributed by atoms with Gasteiger partial charge in [-0.15, -0.1) is 0 Å². The van der Waals surface area contributed by atoms with Crippen LogP contribution < -0.4 is 0 Å². The van der Waals surface area contributed by atoms with E-state index < -0.39 is 0 Å². The fourth-order valence-electron chi connectivity index (χ4n) is 1.73. The minimum Gasteiger partial charge on any atom is -0.469 e. The minimum absolute atomic E-state index is 0.00653. The molecule has 4 nitrogen and oxygen atoms in total. The molecule has 4 heteroatoms. The Bertz CT molecular complexity index is 250. The highest BCUT2D eigenvalue weighted by molar-refractivity contribution is 5.87. The maximum atomic E-state index is 11.4. The zero-order valence-corrected chi connectivity index (χ0v) is 8.36. The topological polar surface area (TPSA) is 46.6 Å². The fraction of sp³-hybridized carbons (Fsp3) is 0.600. The van der Waals surface area contributed by atoms with Crippen LogP contribution >= 0.6 is 0 Å². The molecule has 0 aromatic carbocycles. The first kappa shape index (κ1) is 10.8. The van der Waals surface area contributed by atoms with Gasteiger partial charge in [0.1, 0.15) is 0 Å². The average molecular weight is 197 g/mol. The Morgan fingerprint density at radius 2 is 2.36 bits per heavy atom. The van der Waals surface area contributed by atoms with Crippen LogP contribution in [-0.4, -0.2) is 36.5 Å². The molecule has 0 aromatic rings. The van der Waals surface area contributed by atoms with Crippen LogP contribution in [0.5, 0.6) is 0 Å². The predicted octanol–water partition coefficient (Wildman–Crippen LogP) is 0.726. The highest BCUT2D eigenvalue weighted by atomic mass is 16.5. The molecule has 1 heterocycles. The summed E-state index contributed by atoms with van der Waals surface area (Å²) in [6, 6.07) is -0.00653. The Labute approximate surface area is 83.5 Å². The van der Waals surface area contributed by atoms with Crippen molar-refractivity contribution in [3.05, 3.63) is 12.7 Å². The first-order chi connectivity index (χ1) is 6.69. The molecule has 1 atom stereocenters. The quantitative estimate of drug-likeness (QED) is 0.495. The maximum absolute atomic E-state index is 11.4. The van der Waals surface area contributed by atoms with Crippen LogP contribution in [0.2, 0.25) is 0 Å². The second-order valence-corrected chi connectivity index (χ2v) is 3.31. The summed E-state index contributed by atoms with van der Waals surface area (Å²) in [6.45, 7) is 4.15. The third kappa shape index (κ3) is 2.34. The van der Waals surface area contributed by atoms with Crippen molar-refractivity contribution < 1.29 is 14.3 Å². The van der Waals surface area contributed by atoms with E-state index in [1.807, 2.05) is 0 Å². The summed E-state index contributed by atoms with van der Waals surface area (Å²) in [5.41, 5.74) is 0. The number of methoxy groups -OCH3 is 1. The lowest BCUT2D eigenvalue weighted by Crippen LogP contribution is -2.35. The Morgan fingerprint density at radius 1 is 1.64 bits per heavy atom. The molecule has 0 bridgehead atoms. The first-order valence-electron chi connectivity index (χ1n) is 4.69. The van der Waals surface area contributed by atoms with Gasteiger partial charge < -0.3 is 9.64 Å². The number of rotatable bonds is 3. The Balaban J connectivity index is 2.55. The van der Waals surface area contributed by atoms with E-state index in [-0.39, 0.29) is 24.3 Å². The van der Waals surface area contributed by atoms with Crippen LogP contribution in [0.4, 0.5) is 0 Å². The molecule has 78 valence electrons. The van der Waals surface area contributed by atoms with Gasteiger partial charge in [0, 0.05) is 12.6 Å². The van der Waals surface area contributed by atoms with Gasteiger partial charge in [0.15, 0.2) is 0 Å². The molecule has 0 aliphatic carbocycles. The van der Waals surface area contributed by atoms with Crippen LogP contribution in [0.3, 0.4) is 0 Å². The number of amides is 1. The summed E-state index contributed by atoms with van der Waals surface area (Å²) in [6.07, 6.45) is 3.39. The summed E-state index contributed by atoms with van der Waals surface area (Å²) < 4.78 is 4.57. The molecule has 1 amide bonds. The molecule has 1 fully saturated rings. The molecule has 1 unspecified atom stereocenters. The van der Waals surface area contributed by atoms with Gasteiger partial charge in [-0.05, 0) is 18.9 Å². The Morgan fingerprint density at radius 3 is 2.93 bits per heavy atom. The number of esters is 1. The summed E-state index contributed by atoms with van der Waals surface area (Å²) in [5, 5.41) is 0. The average Bonchev–Trinajstić information content (AvgIpc) is 2.64. The lowest BCUT2D eigenvalue weighted by Gasteiger charge is -2.22. The molecule has 0 radical (unpaired) electrons. The van der Waals surface area contributed by atoms with Crippen molar-refractivity contribution in [1.82, 2.24) is 4.90 Å². The third-order valence-corrected chi connectivity index (χ3v) is 2.46. The van der Waals surface area contributed by atoms with Gasteiger partial charge in [-0.25, -0.2) is 0 Å². The van der Waals surface area contributed by atoms with E-state index in [4.69, 9.17) is 0 Å². The normalized spacial score (nSPS) is 20.6. The number of likely N-dealkylation sites (tertiary alicyclic amines) is 1. The minimum atomic E-state index is -0.265. The molecule has 0 aromatic heterocycles. The second kappa shape index (κ2) is 4.79. The van der Waals surface area contributed by atoms with Crippen LogP contribution in [0, 0.1) is 0 Å². The van der Waals surface area contributed by atoms with E-state index in [0.29, 0.717) is 6.54 Å². The summed E-state index contributed by atoms with van der Waals surface area (Å²) in [5.74, 6) is -0.366. The van der Waals surface area contributed by atoms with Gasteiger partial charge in [0.25, 0.3) is 0 Å². The van der Waals surface area contributed by atoms with Gasteiger partial charge in [0.05, 0.1) is 13.5 Å². The maximum Gasteiger partial charge on any atom is 0.307 e. The van der Waals surface area contributed by atoms with Crippen LogP contribution in [-0.2, 0) is 14.3 Å². The van der Waals surface area contributed by atoms with Gasteiger partial charge >= 0.3 is 5.97 Å². The van der Waals surface area contributed by atoms with Crippen molar-refractivity contribution in [2.24, 2.45) is 0 Å². The Hall–Kier alpha value is -1.32. The van der Waals surface area contributed by atoms with Gasteiger partial charge in [-0.3, -0.25) is 9.59 Å². The van der Waals surface area contributed by atoms with Gasteiger partial charge in [0.2, 0.25) is 5.91 Å².